The molecule has 2 aliphatic rings. The minimum Gasteiger partial charge on any atom is -0.330 e. The third-order valence-electron chi connectivity index (χ3n) is 5.63. The van der Waals surface area contributed by atoms with Gasteiger partial charge in [-0.1, -0.05) is 37.5 Å². The minimum atomic E-state index is 0.0420. The molecular weight excluding hydrogens is 286 g/mol. The number of hydrogen-bond donors (Lipinski definition) is 1. The van der Waals surface area contributed by atoms with Crippen molar-refractivity contribution in [2.75, 3.05) is 24.5 Å². The van der Waals surface area contributed by atoms with Crippen molar-refractivity contribution in [3.8, 4) is 0 Å². The molecule has 23 heavy (non-hydrogen) atoms. The fraction of sp³-hybridized carbons (Fsp3) is 0.632. The second-order valence-corrected chi connectivity index (χ2v) is 7.28. The van der Waals surface area contributed by atoms with Gasteiger partial charge in [0.15, 0.2) is 0 Å². The van der Waals surface area contributed by atoms with Crippen molar-refractivity contribution in [3.05, 3.63) is 29.8 Å². The summed E-state index contributed by atoms with van der Waals surface area (Å²) < 4.78 is 0. The van der Waals surface area contributed by atoms with E-state index in [0.29, 0.717) is 6.54 Å². The largest absolute Gasteiger partial charge is 0.330 e. The molecular formula is C19H29N3O. The van der Waals surface area contributed by atoms with Gasteiger partial charge < -0.3 is 10.6 Å². The molecule has 2 amide bonds. The number of benzene rings is 1. The Morgan fingerprint density at radius 1 is 1.13 bits per heavy atom. The molecule has 2 fully saturated rings. The zero-order valence-electron chi connectivity index (χ0n) is 14.4. The number of carbonyl (C=O) groups is 1. The highest BCUT2D eigenvalue weighted by Crippen LogP contribution is 2.43. The summed E-state index contributed by atoms with van der Waals surface area (Å²) >= 11 is 0. The fourth-order valence-corrected chi connectivity index (χ4v) is 4.23. The van der Waals surface area contributed by atoms with Gasteiger partial charge in [-0.3, -0.25) is 4.90 Å². The van der Waals surface area contributed by atoms with Crippen LogP contribution in [0.15, 0.2) is 24.3 Å². The highest BCUT2D eigenvalue weighted by Gasteiger charge is 2.38. The maximum atomic E-state index is 12.8. The van der Waals surface area contributed by atoms with Crippen LogP contribution in [0.25, 0.3) is 0 Å². The SMILES string of the molecule is CC(C)N1CCN(c2ccccc2C2(CN)CCCCC2)C1=O. The van der Waals surface area contributed by atoms with Gasteiger partial charge in [-0.2, -0.15) is 0 Å². The Morgan fingerprint density at radius 3 is 2.43 bits per heavy atom. The maximum Gasteiger partial charge on any atom is 0.324 e. The molecule has 0 spiro atoms. The van der Waals surface area contributed by atoms with E-state index in [1.54, 1.807) is 0 Å². The summed E-state index contributed by atoms with van der Waals surface area (Å²) in [6.07, 6.45) is 6.04. The van der Waals surface area contributed by atoms with Gasteiger partial charge in [0.1, 0.15) is 0 Å². The summed E-state index contributed by atoms with van der Waals surface area (Å²) in [6, 6.07) is 8.80. The lowest BCUT2D eigenvalue weighted by Gasteiger charge is -2.39. The van der Waals surface area contributed by atoms with Gasteiger partial charge in [-0.05, 0) is 38.3 Å². The quantitative estimate of drug-likeness (QED) is 0.924. The molecule has 2 N–H and O–H groups in total. The van der Waals surface area contributed by atoms with Crippen LogP contribution >= 0.6 is 0 Å². The second kappa shape index (κ2) is 6.52. The molecule has 0 atom stereocenters. The average Bonchev–Trinajstić information content (AvgIpc) is 2.97. The van der Waals surface area contributed by atoms with Crippen molar-refractivity contribution in [1.82, 2.24) is 4.90 Å². The topological polar surface area (TPSA) is 49.6 Å². The minimum absolute atomic E-state index is 0.0420. The Kier molecular flexibility index (Phi) is 4.62. The molecule has 1 heterocycles. The van der Waals surface area contributed by atoms with E-state index in [9.17, 15) is 4.79 Å². The Balaban J connectivity index is 1.97. The molecule has 0 radical (unpaired) electrons. The molecule has 1 aliphatic carbocycles. The van der Waals surface area contributed by atoms with Crippen molar-refractivity contribution in [1.29, 1.82) is 0 Å². The first-order valence-corrected chi connectivity index (χ1v) is 8.97. The van der Waals surface area contributed by atoms with Crippen LogP contribution in [0.5, 0.6) is 0 Å². The molecule has 4 heteroatoms. The van der Waals surface area contributed by atoms with E-state index in [1.807, 2.05) is 15.9 Å². The van der Waals surface area contributed by atoms with Crippen molar-refractivity contribution in [2.24, 2.45) is 5.73 Å². The Bertz CT molecular complexity index is 563. The summed E-state index contributed by atoms with van der Waals surface area (Å²) in [5, 5.41) is 0. The number of anilines is 1. The standard InChI is InChI=1S/C19H29N3O/c1-15(2)21-12-13-22(18(21)23)17-9-5-4-8-16(17)19(14-20)10-6-3-7-11-19/h4-5,8-9,15H,3,6-7,10-14,20H2,1-2H3. The maximum absolute atomic E-state index is 12.8. The first-order chi connectivity index (χ1) is 11.1. The van der Waals surface area contributed by atoms with Gasteiger partial charge in [0, 0.05) is 36.8 Å². The van der Waals surface area contributed by atoms with E-state index < -0.39 is 0 Å². The van der Waals surface area contributed by atoms with Crippen molar-refractivity contribution >= 4 is 11.7 Å². The number of amides is 2. The zero-order chi connectivity index (χ0) is 16.4. The van der Waals surface area contributed by atoms with Crippen molar-refractivity contribution in [2.45, 2.75) is 57.4 Å². The summed E-state index contributed by atoms with van der Waals surface area (Å²) in [7, 11) is 0. The van der Waals surface area contributed by atoms with E-state index in [1.165, 1.54) is 24.8 Å². The number of nitrogens with zero attached hydrogens (tertiary/aromatic N) is 2. The van der Waals surface area contributed by atoms with E-state index in [-0.39, 0.29) is 17.5 Å². The molecule has 1 saturated carbocycles. The molecule has 1 saturated heterocycles. The lowest BCUT2D eigenvalue weighted by Crippen LogP contribution is -2.40. The monoisotopic (exact) mass is 315 g/mol. The Hall–Kier alpha value is -1.55. The van der Waals surface area contributed by atoms with Gasteiger partial charge in [-0.15, -0.1) is 0 Å². The molecule has 4 nitrogen and oxygen atoms in total. The van der Waals surface area contributed by atoms with Crippen LogP contribution < -0.4 is 10.6 Å². The molecule has 0 bridgehead atoms. The van der Waals surface area contributed by atoms with Crippen LogP contribution in [-0.2, 0) is 5.41 Å². The average molecular weight is 315 g/mol. The lowest BCUT2D eigenvalue weighted by molar-refractivity contribution is 0.209. The van der Waals surface area contributed by atoms with Crippen LogP contribution in [0.3, 0.4) is 0 Å². The van der Waals surface area contributed by atoms with E-state index in [0.717, 1.165) is 31.6 Å². The van der Waals surface area contributed by atoms with Gasteiger partial charge in [-0.25, -0.2) is 4.79 Å². The van der Waals surface area contributed by atoms with Crippen LogP contribution in [0.4, 0.5) is 10.5 Å². The lowest BCUT2D eigenvalue weighted by atomic mass is 9.69. The first kappa shape index (κ1) is 16.3. The molecule has 1 aromatic rings. The smallest absolute Gasteiger partial charge is 0.324 e. The van der Waals surface area contributed by atoms with Crippen LogP contribution in [0.1, 0.15) is 51.5 Å². The fourth-order valence-electron chi connectivity index (χ4n) is 4.23. The molecule has 1 aliphatic heterocycles. The van der Waals surface area contributed by atoms with Crippen LogP contribution in [0.2, 0.25) is 0 Å². The normalized spacial score (nSPS) is 21.3. The van der Waals surface area contributed by atoms with E-state index in [2.05, 4.69) is 32.0 Å². The third-order valence-corrected chi connectivity index (χ3v) is 5.63. The predicted octanol–water partition coefficient (Wildman–Crippen LogP) is 3.50. The molecule has 3 rings (SSSR count). The summed E-state index contributed by atoms with van der Waals surface area (Å²) in [6.45, 7) is 6.40. The number of hydrogen-bond acceptors (Lipinski definition) is 2. The van der Waals surface area contributed by atoms with E-state index in [4.69, 9.17) is 5.73 Å². The first-order valence-electron chi connectivity index (χ1n) is 8.97. The van der Waals surface area contributed by atoms with Crippen LogP contribution in [-0.4, -0.2) is 36.6 Å². The molecule has 0 aromatic heterocycles. The van der Waals surface area contributed by atoms with Gasteiger partial charge in [0.25, 0.3) is 0 Å². The van der Waals surface area contributed by atoms with Gasteiger partial charge in [0.05, 0.1) is 0 Å². The highest BCUT2D eigenvalue weighted by molar-refractivity contribution is 5.95. The Morgan fingerprint density at radius 2 is 1.83 bits per heavy atom. The van der Waals surface area contributed by atoms with Crippen molar-refractivity contribution in [3.63, 3.8) is 0 Å². The number of carbonyl (C=O) groups excluding carboxylic acids is 1. The van der Waals surface area contributed by atoms with Crippen LogP contribution in [0, 0.1) is 0 Å². The molecule has 1 aromatic carbocycles. The number of rotatable bonds is 4. The van der Waals surface area contributed by atoms with Crippen molar-refractivity contribution < 1.29 is 4.79 Å². The highest BCUT2D eigenvalue weighted by atomic mass is 16.2. The number of nitrogens with two attached hydrogens (primary N) is 1. The summed E-state index contributed by atoms with van der Waals surface area (Å²) in [5.41, 5.74) is 8.63. The second-order valence-electron chi connectivity index (χ2n) is 7.28. The van der Waals surface area contributed by atoms with Gasteiger partial charge >= 0.3 is 6.03 Å². The Labute approximate surface area is 139 Å². The van der Waals surface area contributed by atoms with E-state index >= 15 is 0 Å². The summed E-state index contributed by atoms with van der Waals surface area (Å²) in [5.74, 6) is 0. The zero-order valence-corrected chi connectivity index (χ0v) is 14.4. The molecule has 0 unspecified atom stereocenters. The van der Waals surface area contributed by atoms with Gasteiger partial charge in [0.2, 0.25) is 0 Å². The third kappa shape index (κ3) is 2.85. The molecule has 126 valence electrons. The predicted molar refractivity (Wildman–Crippen MR) is 94.8 cm³/mol. The number of para-hydroxylation sites is 1. The number of urea groups is 1. The summed E-state index contributed by atoms with van der Waals surface area (Å²) in [4.78, 5) is 16.7.